The molecule has 3 N–H and O–H groups in total. The highest BCUT2D eigenvalue weighted by atomic mass is 16.6. The predicted molar refractivity (Wildman–Crippen MR) is 73.9 cm³/mol. The SMILES string of the molecule is CCC(CN)CC(=O)Nc1ccc([N+](=O)[O-])c(C)c1. The van der Waals surface area contributed by atoms with Crippen LogP contribution in [0.15, 0.2) is 18.2 Å². The van der Waals surface area contributed by atoms with Crippen LogP contribution in [-0.4, -0.2) is 17.4 Å². The lowest BCUT2D eigenvalue weighted by atomic mass is 10.0. The molecule has 1 amide bonds. The molecule has 19 heavy (non-hydrogen) atoms. The highest BCUT2D eigenvalue weighted by Gasteiger charge is 2.13. The van der Waals surface area contributed by atoms with Gasteiger partial charge in [-0.3, -0.25) is 14.9 Å². The number of benzene rings is 1. The number of nitro benzene ring substituents is 1. The van der Waals surface area contributed by atoms with Gasteiger partial charge < -0.3 is 11.1 Å². The molecule has 1 unspecified atom stereocenters. The summed E-state index contributed by atoms with van der Waals surface area (Å²) in [6.07, 6.45) is 1.21. The number of anilines is 1. The molecular formula is C13H19N3O3. The third-order valence-corrected chi connectivity index (χ3v) is 3.06. The number of hydrogen-bond acceptors (Lipinski definition) is 4. The quantitative estimate of drug-likeness (QED) is 0.608. The van der Waals surface area contributed by atoms with Crippen LogP contribution >= 0.6 is 0 Å². The first kappa shape index (κ1) is 15.1. The van der Waals surface area contributed by atoms with Crippen molar-refractivity contribution in [3.05, 3.63) is 33.9 Å². The Morgan fingerprint density at radius 2 is 2.21 bits per heavy atom. The van der Waals surface area contributed by atoms with Crippen molar-refractivity contribution in [3.8, 4) is 0 Å². The van der Waals surface area contributed by atoms with E-state index in [2.05, 4.69) is 5.32 Å². The summed E-state index contributed by atoms with van der Waals surface area (Å²) in [5.41, 5.74) is 6.69. The van der Waals surface area contributed by atoms with Crippen LogP contribution in [0.25, 0.3) is 0 Å². The van der Waals surface area contributed by atoms with E-state index in [4.69, 9.17) is 5.73 Å². The summed E-state index contributed by atoms with van der Waals surface area (Å²) in [7, 11) is 0. The van der Waals surface area contributed by atoms with Crippen molar-refractivity contribution in [2.45, 2.75) is 26.7 Å². The maximum absolute atomic E-state index is 11.8. The van der Waals surface area contributed by atoms with Gasteiger partial charge in [0.1, 0.15) is 0 Å². The van der Waals surface area contributed by atoms with E-state index in [1.807, 2.05) is 6.92 Å². The second-order valence-corrected chi connectivity index (χ2v) is 4.52. The molecule has 0 spiro atoms. The van der Waals surface area contributed by atoms with E-state index in [1.165, 1.54) is 12.1 Å². The van der Waals surface area contributed by atoms with Gasteiger partial charge in [0.15, 0.2) is 0 Å². The summed E-state index contributed by atoms with van der Waals surface area (Å²) in [5.74, 6) is 0.0460. The Kier molecular flexibility index (Phi) is 5.44. The molecule has 0 aliphatic heterocycles. The number of nitrogens with two attached hydrogens (primary N) is 1. The molecule has 0 fully saturated rings. The van der Waals surface area contributed by atoms with Crippen molar-refractivity contribution < 1.29 is 9.72 Å². The predicted octanol–water partition coefficient (Wildman–Crippen LogP) is 2.22. The summed E-state index contributed by atoms with van der Waals surface area (Å²) in [5, 5.41) is 13.4. The molecule has 6 heteroatoms. The largest absolute Gasteiger partial charge is 0.330 e. The van der Waals surface area contributed by atoms with E-state index >= 15 is 0 Å². The fourth-order valence-corrected chi connectivity index (χ4v) is 1.81. The Hall–Kier alpha value is -1.95. The molecule has 0 saturated heterocycles. The van der Waals surface area contributed by atoms with E-state index in [0.717, 1.165) is 6.42 Å². The Labute approximate surface area is 112 Å². The van der Waals surface area contributed by atoms with Crippen LogP contribution in [-0.2, 0) is 4.79 Å². The Balaban J connectivity index is 2.70. The molecule has 1 rings (SSSR count). The molecule has 1 aromatic rings. The fourth-order valence-electron chi connectivity index (χ4n) is 1.81. The van der Waals surface area contributed by atoms with Crippen LogP contribution in [0.4, 0.5) is 11.4 Å². The van der Waals surface area contributed by atoms with E-state index in [-0.39, 0.29) is 17.5 Å². The van der Waals surface area contributed by atoms with Gasteiger partial charge in [-0.1, -0.05) is 13.3 Å². The highest BCUT2D eigenvalue weighted by Crippen LogP contribution is 2.21. The molecule has 104 valence electrons. The van der Waals surface area contributed by atoms with Crippen LogP contribution < -0.4 is 11.1 Å². The van der Waals surface area contributed by atoms with Crippen LogP contribution in [0.2, 0.25) is 0 Å². The number of aryl methyl sites for hydroxylation is 1. The smallest absolute Gasteiger partial charge is 0.272 e. The molecule has 6 nitrogen and oxygen atoms in total. The van der Waals surface area contributed by atoms with Gasteiger partial charge in [-0.15, -0.1) is 0 Å². The van der Waals surface area contributed by atoms with E-state index in [0.29, 0.717) is 24.2 Å². The number of nitro groups is 1. The molecule has 1 aromatic carbocycles. The molecular weight excluding hydrogens is 246 g/mol. The average molecular weight is 265 g/mol. The summed E-state index contributed by atoms with van der Waals surface area (Å²) in [6, 6.07) is 4.52. The van der Waals surface area contributed by atoms with Crippen molar-refractivity contribution >= 4 is 17.3 Å². The molecule has 0 radical (unpaired) electrons. The molecule has 0 aliphatic rings. The monoisotopic (exact) mass is 265 g/mol. The van der Waals surface area contributed by atoms with Crippen LogP contribution in [0.5, 0.6) is 0 Å². The Morgan fingerprint density at radius 1 is 1.53 bits per heavy atom. The van der Waals surface area contributed by atoms with Crippen LogP contribution in [0, 0.1) is 23.0 Å². The van der Waals surface area contributed by atoms with Crippen molar-refractivity contribution in [3.63, 3.8) is 0 Å². The molecule has 0 aliphatic carbocycles. The van der Waals surface area contributed by atoms with Gasteiger partial charge in [0, 0.05) is 23.7 Å². The average Bonchev–Trinajstić information content (AvgIpc) is 2.35. The number of rotatable bonds is 6. The van der Waals surface area contributed by atoms with Gasteiger partial charge in [-0.2, -0.15) is 0 Å². The first-order valence-electron chi connectivity index (χ1n) is 6.22. The lowest BCUT2D eigenvalue weighted by Crippen LogP contribution is -2.21. The van der Waals surface area contributed by atoms with Crippen molar-refractivity contribution in [2.24, 2.45) is 11.7 Å². The fraction of sp³-hybridized carbons (Fsp3) is 0.462. The van der Waals surface area contributed by atoms with Crippen molar-refractivity contribution in [1.29, 1.82) is 0 Å². The van der Waals surface area contributed by atoms with Crippen LogP contribution in [0.1, 0.15) is 25.3 Å². The van der Waals surface area contributed by atoms with Gasteiger partial charge >= 0.3 is 0 Å². The van der Waals surface area contributed by atoms with E-state index in [1.54, 1.807) is 13.0 Å². The summed E-state index contributed by atoms with van der Waals surface area (Å²) < 4.78 is 0. The third-order valence-electron chi connectivity index (χ3n) is 3.06. The Morgan fingerprint density at radius 3 is 2.68 bits per heavy atom. The molecule has 0 heterocycles. The third kappa shape index (κ3) is 4.33. The first-order chi connectivity index (χ1) is 8.97. The summed E-state index contributed by atoms with van der Waals surface area (Å²) in [6.45, 7) is 4.10. The number of hydrogen-bond donors (Lipinski definition) is 2. The van der Waals surface area contributed by atoms with Crippen molar-refractivity contribution in [2.75, 3.05) is 11.9 Å². The van der Waals surface area contributed by atoms with Gasteiger partial charge in [0.05, 0.1) is 4.92 Å². The Bertz CT molecular complexity index is 470. The maximum Gasteiger partial charge on any atom is 0.272 e. The molecule has 0 bridgehead atoms. The highest BCUT2D eigenvalue weighted by molar-refractivity contribution is 5.91. The second-order valence-electron chi connectivity index (χ2n) is 4.52. The second kappa shape index (κ2) is 6.84. The van der Waals surface area contributed by atoms with E-state index in [9.17, 15) is 14.9 Å². The zero-order valence-electron chi connectivity index (χ0n) is 11.2. The maximum atomic E-state index is 11.8. The molecule has 1 atom stereocenters. The van der Waals surface area contributed by atoms with Gasteiger partial charge in [-0.05, 0) is 31.5 Å². The van der Waals surface area contributed by atoms with Gasteiger partial charge in [-0.25, -0.2) is 0 Å². The minimum Gasteiger partial charge on any atom is -0.330 e. The normalized spacial score (nSPS) is 11.9. The number of carbonyl (C=O) groups excluding carboxylic acids is 1. The van der Waals surface area contributed by atoms with E-state index < -0.39 is 4.92 Å². The van der Waals surface area contributed by atoms with Gasteiger partial charge in [0.2, 0.25) is 5.91 Å². The summed E-state index contributed by atoms with van der Waals surface area (Å²) in [4.78, 5) is 22.0. The molecule has 0 saturated carbocycles. The van der Waals surface area contributed by atoms with Crippen molar-refractivity contribution in [1.82, 2.24) is 0 Å². The zero-order chi connectivity index (χ0) is 14.4. The molecule has 0 aromatic heterocycles. The number of carbonyl (C=O) groups is 1. The first-order valence-corrected chi connectivity index (χ1v) is 6.22. The number of nitrogens with zero attached hydrogens (tertiary/aromatic N) is 1. The number of nitrogens with one attached hydrogen (secondary N) is 1. The number of amides is 1. The van der Waals surface area contributed by atoms with Gasteiger partial charge in [0.25, 0.3) is 5.69 Å². The minimum atomic E-state index is -0.442. The zero-order valence-corrected chi connectivity index (χ0v) is 11.2. The minimum absolute atomic E-state index is 0.0476. The lowest BCUT2D eigenvalue weighted by molar-refractivity contribution is -0.385. The van der Waals surface area contributed by atoms with Crippen LogP contribution in [0.3, 0.4) is 0 Å². The lowest BCUT2D eigenvalue weighted by Gasteiger charge is -2.12. The standard InChI is InChI=1S/C13H19N3O3/c1-3-10(8-14)7-13(17)15-11-4-5-12(16(18)19)9(2)6-11/h4-6,10H,3,7-8,14H2,1-2H3,(H,15,17). The topological polar surface area (TPSA) is 98.3 Å². The summed E-state index contributed by atoms with van der Waals surface area (Å²) >= 11 is 0.